The van der Waals surface area contributed by atoms with Crippen LogP contribution in [0.2, 0.25) is 0 Å². The van der Waals surface area contributed by atoms with Gasteiger partial charge in [0.1, 0.15) is 5.82 Å². The zero-order chi connectivity index (χ0) is 13.6. The van der Waals surface area contributed by atoms with Gasteiger partial charge < -0.3 is 5.73 Å². The highest BCUT2D eigenvalue weighted by atomic mass is 19.1. The Labute approximate surface area is 109 Å². The Balaban J connectivity index is 2.23. The Morgan fingerprint density at radius 3 is 2.58 bits per heavy atom. The van der Waals surface area contributed by atoms with E-state index in [1.165, 1.54) is 12.1 Å². The molecule has 5 nitrogen and oxygen atoms in total. The highest BCUT2D eigenvalue weighted by molar-refractivity contribution is 5.58. The van der Waals surface area contributed by atoms with Gasteiger partial charge in [-0.2, -0.15) is 4.52 Å². The quantitative estimate of drug-likeness (QED) is 0.761. The number of hydrogen-bond acceptors (Lipinski definition) is 3. The topological polar surface area (TPSA) is 61.1 Å². The smallest absolute Gasteiger partial charge is 0.232 e. The first-order chi connectivity index (χ1) is 9.11. The minimum atomic E-state index is -0.263. The maximum atomic E-state index is 13.0. The van der Waals surface area contributed by atoms with Crippen LogP contribution in [0.25, 0.3) is 17.2 Å². The molecular weight excluding hydrogens is 245 g/mol. The molecule has 98 valence electrons. The Kier molecular flexibility index (Phi) is 2.60. The van der Waals surface area contributed by atoms with Gasteiger partial charge in [-0.15, -0.1) is 5.10 Å². The number of aryl methyl sites for hydroxylation is 2. The van der Waals surface area contributed by atoms with Crippen molar-refractivity contribution in [3.05, 3.63) is 41.5 Å². The molecule has 0 saturated heterocycles. The van der Waals surface area contributed by atoms with Crippen LogP contribution in [0.1, 0.15) is 11.4 Å². The Morgan fingerprint density at radius 2 is 1.95 bits per heavy atom. The molecule has 1 aromatic carbocycles. The van der Waals surface area contributed by atoms with Crippen molar-refractivity contribution < 1.29 is 4.39 Å². The van der Waals surface area contributed by atoms with Crippen molar-refractivity contribution in [3.8, 4) is 11.4 Å². The molecule has 0 amide bonds. The van der Waals surface area contributed by atoms with Gasteiger partial charge in [0.15, 0.2) is 5.82 Å². The Hall–Kier alpha value is -2.21. The molecule has 0 aliphatic heterocycles. The van der Waals surface area contributed by atoms with Gasteiger partial charge in [0, 0.05) is 19.2 Å². The molecule has 6 heteroatoms. The molecule has 3 aromatic rings. The zero-order valence-electron chi connectivity index (χ0n) is 10.8. The summed E-state index contributed by atoms with van der Waals surface area (Å²) in [6.45, 7) is 2.29. The SMILES string of the molecule is Cc1nc2n(C)c(-c3ccc(F)cc3)nn2c1CN. The molecule has 0 bridgehead atoms. The van der Waals surface area contributed by atoms with E-state index >= 15 is 0 Å². The molecule has 0 saturated carbocycles. The van der Waals surface area contributed by atoms with Crippen LogP contribution in [0.3, 0.4) is 0 Å². The summed E-state index contributed by atoms with van der Waals surface area (Å²) in [7, 11) is 1.88. The third-order valence-electron chi connectivity index (χ3n) is 3.24. The molecule has 0 unspecified atom stereocenters. The van der Waals surface area contributed by atoms with Crippen LogP contribution in [-0.4, -0.2) is 19.2 Å². The average Bonchev–Trinajstić information content (AvgIpc) is 2.87. The fraction of sp³-hybridized carbons (Fsp3) is 0.231. The van der Waals surface area contributed by atoms with E-state index in [1.54, 1.807) is 16.6 Å². The van der Waals surface area contributed by atoms with E-state index in [0.717, 1.165) is 28.6 Å². The number of fused-ring (bicyclic) bond motifs is 1. The van der Waals surface area contributed by atoms with Crippen molar-refractivity contribution >= 4 is 5.78 Å². The predicted molar refractivity (Wildman–Crippen MR) is 70.0 cm³/mol. The van der Waals surface area contributed by atoms with E-state index in [-0.39, 0.29) is 5.82 Å². The summed E-state index contributed by atoms with van der Waals surface area (Å²) < 4.78 is 16.6. The molecule has 2 N–H and O–H groups in total. The van der Waals surface area contributed by atoms with Crippen molar-refractivity contribution in [2.24, 2.45) is 12.8 Å². The van der Waals surface area contributed by atoms with Gasteiger partial charge in [0.25, 0.3) is 0 Å². The molecule has 0 radical (unpaired) electrons. The van der Waals surface area contributed by atoms with Gasteiger partial charge in [-0.25, -0.2) is 9.37 Å². The second kappa shape index (κ2) is 4.17. The zero-order valence-corrected chi connectivity index (χ0v) is 10.8. The van der Waals surface area contributed by atoms with Crippen molar-refractivity contribution in [1.82, 2.24) is 19.2 Å². The summed E-state index contributed by atoms with van der Waals surface area (Å²) in [4.78, 5) is 4.46. The monoisotopic (exact) mass is 259 g/mol. The van der Waals surface area contributed by atoms with Crippen LogP contribution in [-0.2, 0) is 13.6 Å². The van der Waals surface area contributed by atoms with Gasteiger partial charge >= 0.3 is 0 Å². The predicted octanol–water partition coefficient (Wildman–Crippen LogP) is 1.64. The van der Waals surface area contributed by atoms with Crippen LogP contribution >= 0.6 is 0 Å². The lowest BCUT2D eigenvalue weighted by Gasteiger charge is -2.00. The number of hydrogen-bond donors (Lipinski definition) is 1. The molecule has 2 aromatic heterocycles. The molecule has 0 aliphatic rings. The van der Waals surface area contributed by atoms with Gasteiger partial charge in [-0.3, -0.25) is 4.57 Å². The lowest BCUT2D eigenvalue weighted by atomic mass is 10.2. The largest absolute Gasteiger partial charge is 0.325 e. The van der Waals surface area contributed by atoms with Crippen molar-refractivity contribution in [3.63, 3.8) is 0 Å². The molecule has 0 atom stereocenters. The summed E-state index contributed by atoms with van der Waals surface area (Å²) in [6, 6.07) is 6.24. The fourth-order valence-electron chi connectivity index (χ4n) is 2.20. The number of halogens is 1. The molecule has 19 heavy (non-hydrogen) atoms. The van der Waals surface area contributed by atoms with E-state index in [1.807, 2.05) is 18.5 Å². The lowest BCUT2D eigenvalue weighted by molar-refractivity contribution is 0.628. The number of nitrogens with two attached hydrogens (primary N) is 1. The van der Waals surface area contributed by atoms with Crippen molar-refractivity contribution in [2.75, 3.05) is 0 Å². The van der Waals surface area contributed by atoms with Gasteiger partial charge in [0.05, 0.1) is 11.4 Å². The van der Waals surface area contributed by atoms with E-state index in [9.17, 15) is 4.39 Å². The van der Waals surface area contributed by atoms with E-state index in [4.69, 9.17) is 5.73 Å². The third-order valence-corrected chi connectivity index (χ3v) is 3.24. The highest BCUT2D eigenvalue weighted by Gasteiger charge is 2.16. The van der Waals surface area contributed by atoms with E-state index in [2.05, 4.69) is 10.1 Å². The van der Waals surface area contributed by atoms with Crippen LogP contribution in [0, 0.1) is 12.7 Å². The molecule has 0 spiro atoms. The Bertz CT molecular complexity index is 739. The van der Waals surface area contributed by atoms with E-state index < -0.39 is 0 Å². The first kappa shape index (κ1) is 11.9. The third kappa shape index (κ3) is 1.72. The normalized spacial score (nSPS) is 11.4. The fourth-order valence-corrected chi connectivity index (χ4v) is 2.20. The van der Waals surface area contributed by atoms with E-state index in [0.29, 0.717) is 6.54 Å². The first-order valence-electron chi connectivity index (χ1n) is 5.98. The summed E-state index contributed by atoms with van der Waals surface area (Å²) >= 11 is 0. The summed E-state index contributed by atoms with van der Waals surface area (Å²) in [5.41, 5.74) is 8.33. The van der Waals surface area contributed by atoms with Crippen LogP contribution in [0.15, 0.2) is 24.3 Å². The number of nitrogens with zero attached hydrogens (tertiary/aromatic N) is 4. The summed E-state index contributed by atoms with van der Waals surface area (Å²) in [5, 5.41) is 4.52. The highest BCUT2D eigenvalue weighted by Crippen LogP contribution is 2.21. The minimum absolute atomic E-state index is 0.263. The second-order valence-corrected chi connectivity index (χ2v) is 4.45. The molecular formula is C13H14FN5. The minimum Gasteiger partial charge on any atom is -0.325 e. The summed E-state index contributed by atoms with van der Waals surface area (Å²) in [6.07, 6.45) is 0. The molecule has 2 heterocycles. The van der Waals surface area contributed by atoms with Gasteiger partial charge in [-0.1, -0.05) is 0 Å². The van der Waals surface area contributed by atoms with Crippen LogP contribution in [0.5, 0.6) is 0 Å². The average molecular weight is 259 g/mol. The van der Waals surface area contributed by atoms with Gasteiger partial charge in [-0.05, 0) is 31.2 Å². The maximum absolute atomic E-state index is 13.0. The van der Waals surface area contributed by atoms with Crippen molar-refractivity contribution in [1.29, 1.82) is 0 Å². The number of rotatable bonds is 2. The molecule has 0 fully saturated rings. The lowest BCUT2D eigenvalue weighted by Crippen LogP contribution is -2.03. The maximum Gasteiger partial charge on any atom is 0.232 e. The summed E-state index contributed by atoms with van der Waals surface area (Å²) in [5.74, 6) is 1.20. The van der Waals surface area contributed by atoms with Crippen LogP contribution < -0.4 is 5.73 Å². The van der Waals surface area contributed by atoms with Crippen molar-refractivity contribution in [2.45, 2.75) is 13.5 Å². The van der Waals surface area contributed by atoms with Crippen LogP contribution in [0.4, 0.5) is 4.39 Å². The number of aromatic nitrogens is 4. The first-order valence-corrected chi connectivity index (χ1v) is 5.98. The molecule has 0 aliphatic carbocycles. The van der Waals surface area contributed by atoms with Gasteiger partial charge in [0.2, 0.25) is 5.78 Å². The Morgan fingerprint density at radius 1 is 1.26 bits per heavy atom. The molecule has 3 rings (SSSR count). The number of imidazole rings is 1. The second-order valence-electron chi connectivity index (χ2n) is 4.45. The number of benzene rings is 1. The standard InChI is InChI=1S/C13H14FN5/c1-8-11(7-15)19-13(16-8)18(2)12(17-19)9-3-5-10(14)6-4-9/h3-6H,7,15H2,1-2H3.